The number of halogens is 1. The van der Waals surface area contributed by atoms with E-state index in [-0.39, 0.29) is 29.1 Å². The Morgan fingerprint density at radius 2 is 1.58 bits per heavy atom. The van der Waals surface area contributed by atoms with E-state index in [1.54, 1.807) is 48.5 Å². The van der Waals surface area contributed by atoms with Gasteiger partial charge in [-0.3, -0.25) is 13.9 Å². The van der Waals surface area contributed by atoms with E-state index < -0.39 is 28.5 Å². The van der Waals surface area contributed by atoms with Crippen molar-refractivity contribution in [1.29, 1.82) is 0 Å². The molecule has 1 N–H and O–H groups in total. The number of nitrogens with one attached hydrogen (secondary N) is 1. The Morgan fingerprint density at radius 3 is 2.18 bits per heavy atom. The molecule has 9 nitrogen and oxygen atoms in total. The molecule has 242 valence electrons. The van der Waals surface area contributed by atoms with E-state index in [9.17, 15) is 18.0 Å². The lowest BCUT2D eigenvalue weighted by atomic mass is 9.95. The largest absolute Gasteiger partial charge is 0.493 e. The van der Waals surface area contributed by atoms with Gasteiger partial charge in [0.2, 0.25) is 11.8 Å². The van der Waals surface area contributed by atoms with Crippen LogP contribution in [0.4, 0.5) is 5.69 Å². The molecular weight excluding hydrogens is 614 g/mol. The number of sulfonamides is 1. The number of rotatable bonds is 13. The summed E-state index contributed by atoms with van der Waals surface area (Å²) in [6, 6.07) is 17.4. The van der Waals surface area contributed by atoms with Gasteiger partial charge in [0, 0.05) is 23.7 Å². The molecule has 0 bridgehead atoms. The van der Waals surface area contributed by atoms with Gasteiger partial charge < -0.3 is 19.7 Å². The summed E-state index contributed by atoms with van der Waals surface area (Å²) in [4.78, 5) is 29.6. The number of carbonyl (C=O) groups is 2. The first-order chi connectivity index (χ1) is 21.6. The predicted molar refractivity (Wildman–Crippen MR) is 176 cm³/mol. The van der Waals surface area contributed by atoms with Crippen LogP contribution in [0.25, 0.3) is 0 Å². The molecule has 0 heterocycles. The van der Waals surface area contributed by atoms with E-state index in [2.05, 4.69) is 5.32 Å². The molecule has 2 amide bonds. The standard InChI is InChI=1S/C34H42ClN3O6S/c1-5-30(34(40)36-27-9-7-6-8-10-27)37(22-25-13-15-26(35)16-14-25)33(39)23-38(28-17-20-31(43-3)32(21-28)44-4)45(41,42)29-18-11-24(2)12-19-29/h11-21,27,30H,5-10,22-23H2,1-4H3,(H,36,40)/t30-/m1/s1. The van der Waals surface area contributed by atoms with Crippen LogP contribution < -0.4 is 19.1 Å². The summed E-state index contributed by atoms with van der Waals surface area (Å²) in [7, 11) is -1.29. The van der Waals surface area contributed by atoms with Gasteiger partial charge in [-0.05, 0) is 68.1 Å². The summed E-state index contributed by atoms with van der Waals surface area (Å²) in [5.74, 6) is -0.0511. The lowest BCUT2D eigenvalue weighted by molar-refractivity contribution is -0.140. The quantitative estimate of drug-likeness (QED) is 0.238. The third-order valence-electron chi connectivity index (χ3n) is 8.15. The number of aryl methyl sites for hydroxylation is 1. The number of ether oxygens (including phenoxy) is 2. The first kappa shape index (κ1) is 34.1. The lowest BCUT2D eigenvalue weighted by Gasteiger charge is -2.34. The molecule has 0 saturated heterocycles. The minimum absolute atomic E-state index is 0.0296. The smallest absolute Gasteiger partial charge is 0.264 e. The molecule has 11 heteroatoms. The topological polar surface area (TPSA) is 105 Å². The number of benzene rings is 3. The summed E-state index contributed by atoms with van der Waals surface area (Å²) in [5, 5.41) is 3.70. The van der Waals surface area contributed by atoms with Crippen LogP contribution in [-0.2, 0) is 26.2 Å². The molecule has 0 radical (unpaired) electrons. The molecule has 0 aromatic heterocycles. The number of hydrogen-bond acceptors (Lipinski definition) is 6. The molecule has 0 unspecified atom stereocenters. The van der Waals surface area contributed by atoms with Gasteiger partial charge in [0.1, 0.15) is 12.6 Å². The van der Waals surface area contributed by atoms with E-state index in [1.807, 2.05) is 13.8 Å². The highest BCUT2D eigenvalue weighted by Crippen LogP contribution is 2.34. The zero-order valence-corrected chi connectivity index (χ0v) is 27.9. The van der Waals surface area contributed by atoms with Crippen LogP contribution in [0, 0.1) is 6.92 Å². The summed E-state index contributed by atoms with van der Waals surface area (Å²) >= 11 is 6.12. The second kappa shape index (κ2) is 15.5. The van der Waals surface area contributed by atoms with Gasteiger partial charge in [-0.1, -0.05) is 67.6 Å². The summed E-state index contributed by atoms with van der Waals surface area (Å²) in [6.07, 6.45) is 5.38. The highest BCUT2D eigenvalue weighted by atomic mass is 35.5. The average molecular weight is 656 g/mol. The number of anilines is 1. The van der Waals surface area contributed by atoms with E-state index in [0.717, 1.165) is 47.5 Å². The van der Waals surface area contributed by atoms with Crippen molar-refractivity contribution in [2.75, 3.05) is 25.1 Å². The second-order valence-electron chi connectivity index (χ2n) is 11.3. The van der Waals surface area contributed by atoms with E-state index in [0.29, 0.717) is 22.9 Å². The molecule has 0 aliphatic heterocycles. The molecule has 1 saturated carbocycles. The Labute approximate surface area is 271 Å². The number of amides is 2. The maximum atomic E-state index is 14.4. The Bertz CT molecular complexity index is 1560. The minimum Gasteiger partial charge on any atom is -0.493 e. The van der Waals surface area contributed by atoms with Crippen molar-refractivity contribution >= 4 is 39.1 Å². The van der Waals surface area contributed by atoms with Gasteiger partial charge in [-0.25, -0.2) is 8.42 Å². The Hall–Kier alpha value is -3.76. The van der Waals surface area contributed by atoms with Gasteiger partial charge in [0.25, 0.3) is 10.0 Å². The first-order valence-corrected chi connectivity index (χ1v) is 17.0. The highest BCUT2D eigenvalue weighted by molar-refractivity contribution is 7.92. The fourth-order valence-corrected chi connectivity index (χ4v) is 7.13. The van der Waals surface area contributed by atoms with Crippen LogP contribution >= 0.6 is 11.6 Å². The zero-order chi connectivity index (χ0) is 32.6. The van der Waals surface area contributed by atoms with Gasteiger partial charge >= 0.3 is 0 Å². The average Bonchev–Trinajstić information content (AvgIpc) is 3.04. The van der Waals surface area contributed by atoms with Crippen molar-refractivity contribution in [3.63, 3.8) is 0 Å². The van der Waals surface area contributed by atoms with Crippen molar-refractivity contribution in [3.8, 4) is 11.5 Å². The molecule has 45 heavy (non-hydrogen) atoms. The first-order valence-electron chi connectivity index (χ1n) is 15.2. The Kier molecular flexibility index (Phi) is 11.7. The Morgan fingerprint density at radius 1 is 0.933 bits per heavy atom. The van der Waals surface area contributed by atoms with Gasteiger partial charge in [0.15, 0.2) is 11.5 Å². The van der Waals surface area contributed by atoms with Gasteiger partial charge in [0.05, 0.1) is 24.8 Å². The third kappa shape index (κ3) is 8.49. The minimum atomic E-state index is -4.23. The molecule has 3 aromatic carbocycles. The molecule has 1 fully saturated rings. The summed E-state index contributed by atoms with van der Waals surface area (Å²) in [5.41, 5.74) is 1.87. The van der Waals surface area contributed by atoms with Crippen molar-refractivity contribution in [2.24, 2.45) is 0 Å². The monoisotopic (exact) mass is 655 g/mol. The Balaban J connectivity index is 1.74. The number of carbonyl (C=O) groups excluding carboxylic acids is 2. The van der Waals surface area contributed by atoms with Crippen molar-refractivity contribution < 1.29 is 27.5 Å². The lowest BCUT2D eigenvalue weighted by Crippen LogP contribution is -2.54. The van der Waals surface area contributed by atoms with E-state index >= 15 is 0 Å². The fraction of sp³-hybridized carbons (Fsp3) is 0.412. The maximum Gasteiger partial charge on any atom is 0.264 e. The highest BCUT2D eigenvalue weighted by Gasteiger charge is 2.34. The number of methoxy groups -OCH3 is 2. The molecule has 0 spiro atoms. The van der Waals surface area contributed by atoms with Gasteiger partial charge in [-0.2, -0.15) is 0 Å². The summed E-state index contributed by atoms with van der Waals surface area (Å²) in [6.45, 7) is 3.26. The number of hydrogen-bond donors (Lipinski definition) is 1. The molecule has 1 aliphatic carbocycles. The fourth-order valence-electron chi connectivity index (χ4n) is 5.60. The van der Waals surface area contributed by atoms with Crippen molar-refractivity contribution in [3.05, 3.63) is 82.9 Å². The molecule has 1 atom stereocenters. The van der Waals surface area contributed by atoms with Crippen LogP contribution in [0.1, 0.15) is 56.6 Å². The normalized spacial score (nSPS) is 14.3. The molecule has 3 aromatic rings. The summed E-state index contributed by atoms with van der Waals surface area (Å²) < 4.78 is 40.2. The van der Waals surface area contributed by atoms with Crippen LogP contribution in [0.5, 0.6) is 11.5 Å². The zero-order valence-electron chi connectivity index (χ0n) is 26.3. The van der Waals surface area contributed by atoms with Crippen molar-refractivity contribution in [1.82, 2.24) is 10.2 Å². The second-order valence-corrected chi connectivity index (χ2v) is 13.6. The maximum absolute atomic E-state index is 14.4. The van der Waals surface area contributed by atoms with E-state index in [1.165, 1.54) is 37.3 Å². The molecular formula is C34H42ClN3O6S. The molecule has 4 rings (SSSR count). The predicted octanol–water partition coefficient (Wildman–Crippen LogP) is 6.12. The third-order valence-corrected chi connectivity index (χ3v) is 10.2. The number of nitrogens with zero attached hydrogens (tertiary/aromatic N) is 2. The van der Waals surface area contributed by atoms with Crippen LogP contribution in [-0.4, -0.2) is 58.0 Å². The SMILES string of the molecule is CC[C@H](C(=O)NC1CCCCC1)N(Cc1ccc(Cl)cc1)C(=O)CN(c1ccc(OC)c(OC)c1)S(=O)(=O)c1ccc(C)cc1. The molecule has 1 aliphatic rings. The van der Waals surface area contributed by atoms with E-state index in [4.69, 9.17) is 21.1 Å². The van der Waals surface area contributed by atoms with Crippen molar-refractivity contribution in [2.45, 2.75) is 75.9 Å². The van der Waals surface area contributed by atoms with Crippen LogP contribution in [0.15, 0.2) is 71.6 Å². The van der Waals surface area contributed by atoms with Crippen LogP contribution in [0.2, 0.25) is 5.02 Å². The van der Waals surface area contributed by atoms with Crippen LogP contribution in [0.3, 0.4) is 0 Å². The van der Waals surface area contributed by atoms with Gasteiger partial charge in [-0.15, -0.1) is 0 Å².